The molecule has 4 heteroatoms. The summed E-state index contributed by atoms with van der Waals surface area (Å²) in [6.45, 7) is 6.00. The molecule has 0 aliphatic heterocycles. The van der Waals surface area contributed by atoms with E-state index in [1.165, 1.54) is 18.2 Å². The summed E-state index contributed by atoms with van der Waals surface area (Å²) in [6.07, 6.45) is 0. The molecule has 1 atom stereocenters. The Morgan fingerprint density at radius 3 is 2.35 bits per heavy atom. The Bertz CT molecular complexity index is 415. The fraction of sp³-hybridized carbons (Fsp3) is 0.462. The maximum atomic E-state index is 12.1. The van der Waals surface area contributed by atoms with Gasteiger partial charge in [-0.05, 0) is 25.0 Å². The van der Waals surface area contributed by atoms with Crippen LogP contribution in [0.1, 0.15) is 31.1 Å². The molecule has 0 saturated heterocycles. The Labute approximate surface area is 101 Å². The van der Waals surface area contributed by atoms with Crippen molar-refractivity contribution in [2.45, 2.75) is 26.8 Å². The van der Waals surface area contributed by atoms with Crippen molar-refractivity contribution in [2.75, 3.05) is 7.05 Å². The second-order valence-electron chi connectivity index (χ2n) is 4.57. The zero-order chi connectivity index (χ0) is 13.2. The van der Waals surface area contributed by atoms with Crippen LogP contribution < -0.4 is 0 Å². The first-order valence-corrected chi connectivity index (χ1v) is 5.64. The van der Waals surface area contributed by atoms with E-state index in [4.69, 9.17) is 0 Å². The highest BCUT2D eigenvalue weighted by Gasteiger charge is 2.22. The number of hydrogen-bond acceptors (Lipinski definition) is 3. The van der Waals surface area contributed by atoms with E-state index in [9.17, 15) is 15.0 Å². The molecule has 0 bridgehead atoms. The summed E-state index contributed by atoms with van der Waals surface area (Å²) < 4.78 is 0. The molecule has 1 unspecified atom stereocenters. The summed E-state index contributed by atoms with van der Waals surface area (Å²) in [4.78, 5) is 13.7. The van der Waals surface area contributed by atoms with Crippen LogP contribution in [0.5, 0.6) is 11.5 Å². The normalized spacial score (nSPS) is 12.5. The van der Waals surface area contributed by atoms with Gasteiger partial charge in [-0.1, -0.05) is 19.9 Å². The van der Waals surface area contributed by atoms with E-state index in [0.717, 1.165) is 0 Å². The maximum absolute atomic E-state index is 12.1. The van der Waals surface area contributed by atoms with Gasteiger partial charge in [0.25, 0.3) is 5.91 Å². The van der Waals surface area contributed by atoms with Crippen molar-refractivity contribution in [1.82, 2.24) is 4.90 Å². The summed E-state index contributed by atoms with van der Waals surface area (Å²) >= 11 is 0. The zero-order valence-electron chi connectivity index (χ0n) is 10.6. The average molecular weight is 237 g/mol. The molecule has 0 fully saturated rings. The number of nitrogens with zero attached hydrogens (tertiary/aromatic N) is 1. The standard InChI is InChI=1S/C13H19NO3/c1-8(2)9(3)14(4)13(17)10-6-5-7-11(15)12(10)16/h5-9,15-16H,1-4H3. The van der Waals surface area contributed by atoms with E-state index >= 15 is 0 Å². The van der Waals surface area contributed by atoms with Gasteiger partial charge in [0.05, 0.1) is 5.56 Å². The molecule has 94 valence electrons. The monoisotopic (exact) mass is 237 g/mol. The van der Waals surface area contributed by atoms with Gasteiger partial charge >= 0.3 is 0 Å². The van der Waals surface area contributed by atoms with E-state index in [1.54, 1.807) is 11.9 Å². The quantitative estimate of drug-likeness (QED) is 0.792. The second kappa shape index (κ2) is 5.08. The van der Waals surface area contributed by atoms with Crippen LogP contribution in [0, 0.1) is 5.92 Å². The van der Waals surface area contributed by atoms with Crippen LogP contribution in [0.25, 0.3) is 0 Å². The molecular formula is C13H19NO3. The SMILES string of the molecule is CC(C)C(C)N(C)C(=O)c1cccc(O)c1O. The van der Waals surface area contributed by atoms with Crippen molar-refractivity contribution < 1.29 is 15.0 Å². The van der Waals surface area contributed by atoms with E-state index < -0.39 is 0 Å². The van der Waals surface area contributed by atoms with Gasteiger partial charge in [-0.2, -0.15) is 0 Å². The lowest BCUT2D eigenvalue weighted by Crippen LogP contribution is -2.38. The van der Waals surface area contributed by atoms with Crippen molar-refractivity contribution >= 4 is 5.91 Å². The molecule has 17 heavy (non-hydrogen) atoms. The Balaban J connectivity index is 3.01. The molecule has 4 nitrogen and oxygen atoms in total. The minimum atomic E-state index is -0.361. The summed E-state index contributed by atoms with van der Waals surface area (Å²) in [7, 11) is 1.69. The molecule has 2 N–H and O–H groups in total. The molecule has 1 amide bonds. The highest BCUT2D eigenvalue weighted by molar-refractivity contribution is 5.97. The summed E-state index contributed by atoms with van der Waals surface area (Å²) in [5.41, 5.74) is 0.125. The van der Waals surface area contributed by atoms with Crippen LogP contribution in [0.3, 0.4) is 0 Å². The number of rotatable bonds is 3. The number of phenolic OH excluding ortho intramolecular Hbond substituents is 2. The maximum Gasteiger partial charge on any atom is 0.257 e. The number of carbonyl (C=O) groups excluding carboxylic acids is 1. The van der Waals surface area contributed by atoms with Crippen molar-refractivity contribution in [2.24, 2.45) is 5.92 Å². The Morgan fingerprint density at radius 2 is 1.82 bits per heavy atom. The van der Waals surface area contributed by atoms with Crippen LogP contribution in [-0.4, -0.2) is 34.1 Å². The van der Waals surface area contributed by atoms with Gasteiger partial charge in [-0.15, -0.1) is 0 Å². The first kappa shape index (κ1) is 13.4. The molecule has 1 aromatic carbocycles. The fourth-order valence-corrected chi connectivity index (χ4v) is 1.53. The van der Waals surface area contributed by atoms with Crippen molar-refractivity contribution in [3.05, 3.63) is 23.8 Å². The number of para-hydroxylation sites is 1. The lowest BCUT2D eigenvalue weighted by atomic mass is 10.0. The van der Waals surface area contributed by atoms with E-state index in [1.807, 2.05) is 20.8 Å². The first-order valence-electron chi connectivity index (χ1n) is 5.64. The predicted octanol–water partition coefficient (Wildman–Crippen LogP) is 2.21. The van der Waals surface area contributed by atoms with Crippen LogP contribution in [0.15, 0.2) is 18.2 Å². The molecule has 0 radical (unpaired) electrons. The Morgan fingerprint density at radius 1 is 1.24 bits per heavy atom. The predicted molar refractivity (Wildman–Crippen MR) is 66.2 cm³/mol. The molecule has 1 aromatic rings. The van der Waals surface area contributed by atoms with Crippen LogP contribution in [0.2, 0.25) is 0 Å². The summed E-state index contributed by atoms with van der Waals surface area (Å²) in [5, 5.41) is 19.0. The molecule has 0 spiro atoms. The highest BCUT2D eigenvalue weighted by atomic mass is 16.3. The summed E-state index contributed by atoms with van der Waals surface area (Å²) in [5.74, 6) is -0.607. The van der Waals surface area contributed by atoms with Crippen LogP contribution in [-0.2, 0) is 0 Å². The molecule has 0 aliphatic rings. The molecular weight excluding hydrogens is 218 g/mol. The molecule has 0 heterocycles. The lowest BCUT2D eigenvalue weighted by Gasteiger charge is -2.28. The largest absolute Gasteiger partial charge is 0.504 e. The topological polar surface area (TPSA) is 60.8 Å². The van der Waals surface area contributed by atoms with Gasteiger partial charge in [0.2, 0.25) is 0 Å². The third-order valence-electron chi connectivity index (χ3n) is 3.14. The molecule has 0 aromatic heterocycles. The molecule has 0 saturated carbocycles. The van der Waals surface area contributed by atoms with Gasteiger partial charge in [0.1, 0.15) is 0 Å². The smallest absolute Gasteiger partial charge is 0.257 e. The molecule has 1 rings (SSSR count). The van der Waals surface area contributed by atoms with Crippen molar-refractivity contribution in [1.29, 1.82) is 0 Å². The highest BCUT2D eigenvalue weighted by Crippen LogP contribution is 2.29. The Hall–Kier alpha value is -1.71. The minimum absolute atomic E-state index is 0.0595. The van der Waals surface area contributed by atoms with Crippen molar-refractivity contribution in [3.8, 4) is 11.5 Å². The molecule has 0 aliphatic carbocycles. The zero-order valence-corrected chi connectivity index (χ0v) is 10.6. The average Bonchev–Trinajstić information content (AvgIpc) is 2.29. The Kier molecular flexibility index (Phi) is 3.99. The van der Waals surface area contributed by atoms with Crippen LogP contribution >= 0.6 is 0 Å². The first-order chi connectivity index (χ1) is 7.86. The number of phenols is 2. The number of benzene rings is 1. The number of carbonyl (C=O) groups is 1. The van der Waals surface area contributed by atoms with Gasteiger partial charge < -0.3 is 15.1 Å². The second-order valence-corrected chi connectivity index (χ2v) is 4.57. The number of amides is 1. The third-order valence-corrected chi connectivity index (χ3v) is 3.14. The summed E-state index contributed by atoms with van der Waals surface area (Å²) in [6, 6.07) is 4.44. The number of hydrogen-bond donors (Lipinski definition) is 2. The van der Waals surface area contributed by atoms with Gasteiger partial charge in [0.15, 0.2) is 11.5 Å². The van der Waals surface area contributed by atoms with E-state index in [0.29, 0.717) is 5.92 Å². The minimum Gasteiger partial charge on any atom is -0.504 e. The van der Waals surface area contributed by atoms with Gasteiger partial charge in [-0.25, -0.2) is 0 Å². The fourth-order valence-electron chi connectivity index (χ4n) is 1.53. The van der Waals surface area contributed by atoms with E-state index in [-0.39, 0.29) is 29.0 Å². The van der Waals surface area contributed by atoms with E-state index in [2.05, 4.69) is 0 Å². The third kappa shape index (κ3) is 2.70. The number of aromatic hydroxyl groups is 2. The van der Waals surface area contributed by atoms with Gasteiger partial charge in [0, 0.05) is 13.1 Å². The van der Waals surface area contributed by atoms with Crippen molar-refractivity contribution in [3.63, 3.8) is 0 Å². The lowest BCUT2D eigenvalue weighted by molar-refractivity contribution is 0.0703. The van der Waals surface area contributed by atoms with Gasteiger partial charge in [-0.3, -0.25) is 4.79 Å². The van der Waals surface area contributed by atoms with Crippen LogP contribution in [0.4, 0.5) is 0 Å².